The molecule has 27 heavy (non-hydrogen) atoms. The lowest BCUT2D eigenvalue weighted by Gasteiger charge is -2.23. The molecule has 0 aromatic heterocycles. The van der Waals surface area contributed by atoms with Crippen LogP contribution < -0.4 is 10.5 Å². The molecule has 0 unspecified atom stereocenters. The molecule has 0 aliphatic carbocycles. The van der Waals surface area contributed by atoms with Crippen LogP contribution in [0, 0.1) is 0 Å². The standard InChI is InChI=1S/C18H21F3N2O3S/c19-18(20,21)14-23(27(24,25)17-7-2-1-3-8-17)11-9-15-5-4-6-16(13-15)26-12-10-22/h1-8,13H,9-12,14,22H2. The largest absolute Gasteiger partial charge is 0.492 e. The van der Waals surface area contributed by atoms with Crippen molar-refractivity contribution < 1.29 is 26.3 Å². The molecular weight excluding hydrogens is 381 g/mol. The van der Waals surface area contributed by atoms with Crippen molar-refractivity contribution in [1.82, 2.24) is 4.31 Å². The molecule has 0 bridgehead atoms. The topological polar surface area (TPSA) is 72.6 Å². The van der Waals surface area contributed by atoms with E-state index in [-0.39, 0.29) is 17.9 Å². The van der Waals surface area contributed by atoms with Gasteiger partial charge in [0.2, 0.25) is 10.0 Å². The summed E-state index contributed by atoms with van der Waals surface area (Å²) < 4.78 is 69.9. The number of nitrogens with zero attached hydrogens (tertiary/aromatic N) is 1. The predicted molar refractivity (Wildman–Crippen MR) is 96.0 cm³/mol. The molecule has 5 nitrogen and oxygen atoms in total. The average molecular weight is 402 g/mol. The molecule has 0 amide bonds. The maximum Gasteiger partial charge on any atom is 0.402 e. The van der Waals surface area contributed by atoms with Crippen molar-refractivity contribution in [2.45, 2.75) is 17.5 Å². The van der Waals surface area contributed by atoms with Crippen molar-refractivity contribution in [3.05, 3.63) is 60.2 Å². The predicted octanol–water partition coefficient (Wildman–Crippen LogP) is 2.82. The third-order valence-electron chi connectivity index (χ3n) is 3.67. The van der Waals surface area contributed by atoms with Crippen LogP contribution in [-0.2, 0) is 16.4 Å². The molecule has 0 saturated heterocycles. The van der Waals surface area contributed by atoms with Crippen molar-refractivity contribution in [2.75, 3.05) is 26.2 Å². The minimum atomic E-state index is -4.64. The summed E-state index contributed by atoms with van der Waals surface area (Å²) in [6.45, 7) is -1.21. The lowest BCUT2D eigenvalue weighted by molar-refractivity contribution is -0.136. The van der Waals surface area contributed by atoms with Crippen LogP contribution in [0.3, 0.4) is 0 Å². The van der Waals surface area contributed by atoms with E-state index in [2.05, 4.69) is 0 Å². The minimum absolute atomic E-state index is 0.113. The second-order valence-electron chi connectivity index (χ2n) is 5.80. The molecule has 2 rings (SSSR count). The van der Waals surface area contributed by atoms with Crippen LogP contribution in [0.1, 0.15) is 5.56 Å². The first-order valence-corrected chi connectivity index (χ1v) is 9.70. The number of sulfonamides is 1. The fraction of sp³-hybridized carbons (Fsp3) is 0.333. The molecular formula is C18H21F3N2O3S. The van der Waals surface area contributed by atoms with Crippen molar-refractivity contribution in [3.63, 3.8) is 0 Å². The normalized spacial score (nSPS) is 12.3. The number of halogens is 3. The van der Waals surface area contributed by atoms with E-state index in [0.29, 0.717) is 28.8 Å². The number of alkyl halides is 3. The van der Waals surface area contributed by atoms with Gasteiger partial charge in [-0.2, -0.15) is 17.5 Å². The molecule has 0 aliphatic heterocycles. The van der Waals surface area contributed by atoms with E-state index in [1.807, 2.05) is 0 Å². The molecule has 0 radical (unpaired) electrons. The van der Waals surface area contributed by atoms with Crippen LogP contribution in [0.15, 0.2) is 59.5 Å². The van der Waals surface area contributed by atoms with Crippen molar-refractivity contribution in [1.29, 1.82) is 0 Å². The van der Waals surface area contributed by atoms with E-state index in [1.165, 1.54) is 24.3 Å². The molecule has 2 aromatic rings. The monoisotopic (exact) mass is 402 g/mol. The summed E-state index contributed by atoms with van der Waals surface area (Å²) in [4.78, 5) is -0.172. The first-order valence-electron chi connectivity index (χ1n) is 8.26. The molecule has 0 spiro atoms. The van der Waals surface area contributed by atoms with Crippen LogP contribution in [0.25, 0.3) is 0 Å². The van der Waals surface area contributed by atoms with Gasteiger partial charge in [0, 0.05) is 13.1 Å². The van der Waals surface area contributed by atoms with E-state index in [0.717, 1.165) is 0 Å². The van der Waals surface area contributed by atoms with Crippen LogP contribution in [0.2, 0.25) is 0 Å². The SMILES string of the molecule is NCCOc1cccc(CCN(CC(F)(F)F)S(=O)(=O)c2ccccc2)c1. The summed E-state index contributed by atoms with van der Waals surface area (Å²) in [6.07, 6.45) is -4.53. The van der Waals surface area contributed by atoms with Gasteiger partial charge in [0.15, 0.2) is 0 Å². The first kappa shape index (κ1) is 21.2. The van der Waals surface area contributed by atoms with Gasteiger partial charge in [0.1, 0.15) is 18.9 Å². The highest BCUT2D eigenvalue weighted by atomic mass is 32.2. The average Bonchev–Trinajstić information content (AvgIpc) is 2.63. The van der Waals surface area contributed by atoms with Crippen LogP contribution in [-0.4, -0.2) is 45.1 Å². The van der Waals surface area contributed by atoms with E-state index < -0.39 is 22.7 Å². The number of hydrogen-bond acceptors (Lipinski definition) is 4. The van der Waals surface area contributed by atoms with Crippen LogP contribution in [0.5, 0.6) is 5.75 Å². The second kappa shape index (κ2) is 9.20. The first-order chi connectivity index (χ1) is 12.7. The van der Waals surface area contributed by atoms with E-state index in [4.69, 9.17) is 10.5 Å². The lowest BCUT2D eigenvalue weighted by atomic mass is 10.1. The van der Waals surface area contributed by atoms with Crippen molar-refractivity contribution >= 4 is 10.0 Å². The van der Waals surface area contributed by atoms with Gasteiger partial charge in [-0.05, 0) is 36.2 Å². The van der Waals surface area contributed by atoms with Crippen LogP contribution >= 0.6 is 0 Å². The van der Waals surface area contributed by atoms with Gasteiger partial charge in [-0.15, -0.1) is 0 Å². The maximum atomic E-state index is 12.9. The quantitative estimate of drug-likeness (QED) is 0.700. The minimum Gasteiger partial charge on any atom is -0.492 e. The van der Waals surface area contributed by atoms with Gasteiger partial charge < -0.3 is 10.5 Å². The molecule has 9 heteroatoms. The Morgan fingerprint density at radius 2 is 1.74 bits per heavy atom. The Balaban J connectivity index is 2.18. The van der Waals surface area contributed by atoms with E-state index in [9.17, 15) is 21.6 Å². The summed E-state index contributed by atoms with van der Waals surface area (Å²) in [5, 5.41) is 0. The maximum absolute atomic E-state index is 12.9. The Labute approximate surface area is 156 Å². The summed E-state index contributed by atoms with van der Waals surface area (Å²) in [6, 6.07) is 13.9. The summed E-state index contributed by atoms with van der Waals surface area (Å²) in [5.41, 5.74) is 6.04. The Kier molecular flexibility index (Phi) is 7.23. The summed E-state index contributed by atoms with van der Waals surface area (Å²) in [5.74, 6) is 0.534. The number of rotatable bonds is 9. The Bertz CT molecular complexity index is 827. The molecule has 0 saturated carbocycles. The van der Waals surface area contributed by atoms with Crippen LogP contribution in [0.4, 0.5) is 13.2 Å². The van der Waals surface area contributed by atoms with Gasteiger partial charge in [-0.3, -0.25) is 0 Å². The highest BCUT2D eigenvalue weighted by Gasteiger charge is 2.36. The number of nitrogens with two attached hydrogens (primary N) is 1. The highest BCUT2D eigenvalue weighted by molar-refractivity contribution is 7.89. The highest BCUT2D eigenvalue weighted by Crippen LogP contribution is 2.23. The van der Waals surface area contributed by atoms with Gasteiger partial charge in [-0.1, -0.05) is 30.3 Å². The van der Waals surface area contributed by atoms with E-state index >= 15 is 0 Å². The fourth-order valence-corrected chi connectivity index (χ4v) is 3.89. The Morgan fingerprint density at radius 3 is 2.37 bits per heavy atom. The number of benzene rings is 2. The molecule has 0 aliphatic rings. The van der Waals surface area contributed by atoms with Gasteiger partial charge >= 0.3 is 6.18 Å². The van der Waals surface area contributed by atoms with Gasteiger partial charge in [-0.25, -0.2) is 8.42 Å². The summed E-state index contributed by atoms with van der Waals surface area (Å²) in [7, 11) is -4.26. The fourth-order valence-electron chi connectivity index (χ4n) is 2.45. The number of hydrogen-bond donors (Lipinski definition) is 1. The molecule has 2 aromatic carbocycles. The molecule has 0 heterocycles. The molecule has 0 atom stereocenters. The van der Waals surface area contributed by atoms with Gasteiger partial charge in [0.05, 0.1) is 4.90 Å². The van der Waals surface area contributed by atoms with Crippen molar-refractivity contribution in [2.24, 2.45) is 5.73 Å². The Hall–Kier alpha value is -2.10. The second-order valence-corrected chi connectivity index (χ2v) is 7.74. The molecule has 148 valence electrons. The van der Waals surface area contributed by atoms with E-state index in [1.54, 1.807) is 30.3 Å². The zero-order valence-electron chi connectivity index (χ0n) is 14.5. The lowest BCUT2D eigenvalue weighted by Crippen LogP contribution is -2.40. The third-order valence-corrected chi connectivity index (χ3v) is 5.53. The third kappa shape index (κ3) is 6.53. The molecule has 2 N–H and O–H groups in total. The zero-order chi connectivity index (χ0) is 19.9. The summed E-state index contributed by atoms with van der Waals surface area (Å²) >= 11 is 0. The van der Waals surface area contributed by atoms with Gasteiger partial charge in [0.25, 0.3) is 0 Å². The number of ether oxygens (including phenoxy) is 1. The van der Waals surface area contributed by atoms with Crippen molar-refractivity contribution in [3.8, 4) is 5.75 Å². The smallest absolute Gasteiger partial charge is 0.402 e. The molecule has 0 fully saturated rings. The zero-order valence-corrected chi connectivity index (χ0v) is 15.3. The Morgan fingerprint density at radius 1 is 1.04 bits per heavy atom.